The first kappa shape index (κ1) is 15.4. The molecule has 0 spiro atoms. The maximum absolute atomic E-state index is 12.2. The van der Waals surface area contributed by atoms with Crippen molar-refractivity contribution in [1.29, 1.82) is 0 Å². The smallest absolute Gasteiger partial charge is 0.409 e. The SMILES string of the molecule is CCOC(=O)N1CCN(/C=C2/C(=O)Nc3ccc(C)cc32)CC1. The van der Waals surface area contributed by atoms with Crippen molar-refractivity contribution >= 4 is 23.3 Å². The molecule has 0 unspecified atom stereocenters. The van der Waals surface area contributed by atoms with E-state index in [-0.39, 0.29) is 12.0 Å². The van der Waals surface area contributed by atoms with Gasteiger partial charge in [0.05, 0.1) is 12.2 Å². The van der Waals surface area contributed by atoms with Gasteiger partial charge in [0.2, 0.25) is 0 Å². The number of rotatable bonds is 2. The minimum absolute atomic E-state index is 0.0709. The molecular formula is C17H21N3O3. The highest BCUT2D eigenvalue weighted by Crippen LogP contribution is 2.32. The third kappa shape index (κ3) is 3.16. The number of hydrogen-bond acceptors (Lipinski definition) is 4. The third-order valence-electron chi connectivity index (χ3n) is 4.11. The van der Waals surface area contributed by atoms with Crippen LogP contribution in [0.3, 0.4) is 0 Å². The molecule has 23 heavy (non-hydrogen) atoms. The van der Waals surface area contributed by atoms with Crippen molar-refractivity contribution < 1.29 is 14.3 Å². The van der Waals surface area contributed by atoms with Crippen molar-refractivity contribution in [2.24, 2.45) is 0 Å². The number of ether oxygens (including phenoxy) is 1. The van der Waals surface area contributed by atoms with Gasteiger partial charge >= 0.3 is 6.09 Å². The lowest BCUT2D eigenvalue weighted by Crippen LogP contribution is -2.47. The summed E-state index contributed by atoms with van der Waals surface area (Å²) in [7, 11) is 0. The number of carbonyl (C=O) groups is 2. The van der Waals surface area contributed by atoms with Crippen LogP contribution in [0.5, 0.6) is 0 Å². The fraction of sp³-hybridized carbons (Fsp3) is 0.412. The third-order valence-corrected chi connectivity index (χ3v) is 4.11. The largest absolute Gasteiger partial charge is 0.450 e. The standard InChI is InChI=1S/C17H21N3O3/c1-3-23-17(22)20-8-6-19(7-9-20)11-14-13-10-12(2)4-5-15(13)18-16(14)21/h4-5,10-11H,3,6-9H2,1-2H3,(H,18,21)/b14-11+. The van der Waals surface area contributed by atoms with Crippen LogP contribution < -0.4 is 5.32 Å². The molecule has 0 saturated carbocycles. The Morgan fingerprint density at radius 3 is 2.74 bits per heavy atom. The van der Waals surface area contributed by atoms with Gasteiger partial charge in [0, 0.05) is 43.6 Å². The summed E-state index contributed by atoms with van der Waals surface area (Å²) >= 11 is 0. The lowest BCUT2D eigenvalue weighted by atomic mass is 10.1. The number of piperazine rings is 1. The number of anilines is 1. The van der Waals surface area contributed by atoms with Gasteiger partial charge in [-0.25, -0.2) is 4.79 Å². The molecular weight excluding hydrogens is 294 g/mol. The van der Waals surface area contributed by atoms with Gasteiger partial charge in [-0.05, 0) is 26.0 Å². The lowest BCUT2D eigenvalue weighted by Gasteiger charge is -2.33. The van der Waals surface area contributed by atoms with E-state index in [9.17, 15) is 9.59 Å². The van der Waals surface area contributed by atoms with E-state index in [4.69, 9.17) is 4.74 Å². The van der Waals surface area contributed by atoms with Crippen LogP contribution in [-0.2, 0) is 9.53 Å². The van der Waals surface area contributed by atoms with Crippen molar-refractivity contribution in [3.63, 3.8) is 0 Å². The van der Waals surface area contributed by atoms with Crippen LogP contribution in [0.4, 0.5) is 10.5 Å². The number of nitrogens with zero attached hydrogens (tertiary/aromatic N) is 2. The Hall–Kier alpha value is -2.50. The highest BCUT2D eigenvalue weighted by atomic mass is 16.6. The van der Waals surface area contributed by atoms with Gasteiger partial charge in [-0.3, -0.25) is 4.79 Å². The van der Waals surface area contributed by atoms with Crippen molar-refractivity contribution in [3.05, 3.63) is 35.5 Å². The molecule has 2 heterocycles. The Kier molecular flexibility index (Phi) is 4.23. The lowest BCUT2D eigenvalue weighted by molar-refractivity contribution is -0.110. The Bertz CT molecular complexity index is 661. The van der Waals surface area contributed by atoms with Crippen molar-refractivity contribution in [3.8, 4) is 0 Å². The summed E-state index contributed by atoms with van der Waals surface area (Å²) in [6.07, 6.45) is 1.64. The van der Waals surface area contributed by atoms with E-state index < -0.39 is 0 Å². The van der Waals surface area contributed by atoms with Crippen LogP contribution in [0.2, 0.25) is 0 Å². The van der Waals surface area contributed by atoms with Crippen molar-refractivity contribution in [2.45, 2.75) is 13.8 Å². The highest BCUT2D eigenvalue weighted by Gasteiger charge is 2.26. The second-order valence-electron chi connectivity index (χ2n) is 5.77. The number of carbonyl (C=O) groups excluding carboxylic acids is 2. The van der Waals surface area contributed by atoms with Crippen molar-refractivity contribution in [1.82, 2.24) is 9.80 Å². The molecule has 122 valence electrons. The summed E-state index contributed by atoms with van der Waals surface area (Å²) in [5, 5.41) is 2.89. The van der Waals surface area contributed by atoms with Crippen LogP contribution in [0.25, 0.3) is 5.57 Å². The van der Waals surface area contributed by atoms with Gasteiger partial charge in [0.25, 0.3) is 5.91 Å². The normalized spacial score (nSPS) is 18.9. The number of hydrogen-bond donors (Lipinski definition) is 1. The van der Waals surface area contributed by atoms with Gasteiger partial charge < -0.3 is 19.9 Å². The molecule has 6 nitrogen and oxygen atoms in total. The number of fused-ring (bicyclic) bond motifs is 1. The fourth-order valence-electron chi connectivity index (χ4n) is 2.86. The zero-order valence-corrected chi connectivity index (χ0v) is 13.5. The Morgan fingerprint density at radius 2 is 2.04 bits per heavy atom. The summed E-state index contributed by atoms with van der Waals surface area (Å²) in [5.74, 6) is -0.0709. The monoisotopic (exact) mass is 315 g/mol. The average Bonchev–Trinajstić information content (AvgIpc) is 2.84. The molecule has 0 aliphatic carbocycles. The second-order valence-corrected chi connectivity index (χ2v) is 5.77. The molecule has 0 aromatic heterocycles. The van der Waals surface area contributed by atoms with Crippen molar-refractivity contribution in [2.75, 3.05) is 38.1 Å². The second kappa shape index (κ2) is 6.32. The summed E-state index contributed by atoms with van der Waals surface area (Å²) < 4.78 is 5.02. The molecule has 0 atom stereocenters. The number of aryl methyl sites for hydroxylation is 1. The quantitative estimate of drug-likeness (QED) is 0.849. The van der Waals surface area contributed by atoms with Crippen LogP contribution in [0.1, 0.15) is 18.1 Å². The minimum Gasteiger partial charge on any atom is -0.450 e. The molecule has 0 bridgehead atoms. The van der Waals surface area contributed by atoms with Crippen LogP contribution in [-0.4, -0.2) is 54.6 Å². The van der Waals surface area contributed by atoms with Gasteiger partial charge in [-0.15, -0.1) is 0 Å². The van der Waals surface area contributed by atoms with E-state index >= 15 is 0 Å². The topological polar surface area (TPSA) is 61.9 Å². The van der Waals surface area contributed by atoms with E-state index in [2.05, 4.69) is 10.2 Å². The Morgan fingerprint density at radius 1 is 1.30 bits per heavy atom. The van der Waals surface area contributed by atoms with Crippen LogP contribution >= 0.6 is 0 Å². The molecule has 1 N–H and O–H groups in total. The first-order valence-electron chi connectivity index (χ1n) is 7.88. The maximum atomic E-state index is 12.2. The van der Waals surface area contributed by atoms with Gasteiger partial charge in [0.1, 0.15) is 0 Å². The molecule has 1 aromatic rings. The summed E-state index contributed by atoms with van der Waals surface area (Å²) in [6, 6.07) is 5.94. The molecule has 3 rings (SSSR count). The first-order chi connectivity index (χ1) is 11.1. The van der Waals surface area contributed by atoms with Crippen LogP contribution in [0.15, 0.2) is 24.4 Å². The van der Waals surface area contributed by atoms with Gasteiger partial charge in [0.15, 0.2) is 0 Å². The minimum atomic E-state index is -0.264. The summed E-state index contributed by atoms with van der Waals surface area (Å²) in [6.45, 7) is 6.79. The summed E-state index contributed by atoms with van der Waals surface area (Å²) in [5.41, 5.74) is 3.62. The average molecular weight is 315 g/mol. The molecule has 2 aliphatic rings. The molecule has 1 saturated heterocycles. The highest BCUT2D eigenvalue weighted by molar-refractivity contribution is 6.31. The molecule has 1 fully saturated rings. The Labute approximate surface area is 135 Å². The first-order valence-corrected chi connectivity index (χ1v) is 7.88. The van der Waals surface area contributed by atoms with Gasteiger partial charge in [-0.2, -0.15) is 0 Å². The zero-order chi connectivity index (χ0) is 16.4. The molecule has 1 aromatic carbocycles. The number of amides is 2. The van der Waals surface area contributed by atoms with E-state index in [0.29, 0.717) is 38.4 Å². The summed E-state index contributed by atoms with van der Waals surface area (Å²) in [4.78, 5) is 27.7. The fourth-order valence-corrected chi connectivity index (χ4v) is 2.86. The Balaban J connectivity index is 1.71. The molecule has 2 amide bonds. The van der Waals surface area contributed by atoms with E-state index in [1.807, 2.05) is 31.3 Å². The van der Waals surface area contributed by atoms with Gasteiger partial charge in [-0.1, -0.05) is 11.6 Å². The predicted octanol–water partition coefficient (Wildman–Crippen LogP) is 2.06. The van der Waals surface area contributed by atoms with E-state index in [0.717, 1.165) is 16.8 Å². The molecule has 0 radical (unpaired) electrons. The number of benzene rings is 1. The van der Waals surface area contributed by atoms with E-state index in [1.165, 1.54) is 0 Å². The zero-order valence-electron chi connectivity index (χ0n) is 13.5. The maximum Gasteiger partial charge on any atom is 0.409 e. The number of nitrogens with one attached hydrogen (secondary N) is 1. The predicted molar refractivity (Wildman–Crippen MR) is 88.0 cm³/mol. The molecule has 6 heteroatoms. The van der Waals surface area contributed by atoms with E-state index in [1.54, 1.807) is 11.8 Å². The molecule has 2 aliphatic heterocycles. The van der Waals surface area contributed by atoms with Crippen LogP contribution in [0, 0.1) is 6.92 Å².